The summed E-state index contributed by atoms with van der Waals surface area (Å²) in [7, 11) is 1.41. The lowest BCUT2D eigenvalue weighted by Crippen LogP contribution is -2.01. The molecule has 0 bridgehead atoms. The standard InChI is InChI=1S/C13H13FO3/c1-16-12-5-4-9(7-10(12)14)8-11(15)13-3-2-6-17-13/h2-7,11,15H,8H2,1H3. The maximum absolute atomic E-state index is 13.4. The quantitative estimate of drug-likeness (QED) is 0.887. The van der Waals surface area contributed by atoms with Crippen LogP contribution in [0.3, 0.4) is 0 Å². The highest BCUT2D eigenvalue weighted by atomic mass is 19.1. The molecular weight excluding hydrogens is 223 g/mol. The second-order valence-corrected chi connectivity index (χ2v) is 3.70. The molecule has 0 aliphatic carbocycles. The first-order chi connectivity index (χ1) is 8.20. The Kier molecular flexibility index (Phi) is 3.44. The minimum Gasteiger partial charge on any atom is -0.494 e. The molecular formula is C13H13FO3. The Morgan fingerprint density at radius 1 is 1.41 bits per heavy atom. The van der Waals surface area contributed by atoms with Crippen LogP contribution in [-0.2, 0) is 6.42 Å². The summed E-state index contributed by atoms with van der Waals surface area (Å²) in [4.78, 5) is 0. The summed E-state index contributed by atoms with van der Waals surface area (Å²) in [5.41, 5.74) is 0.687. The molecule has 2 aromatic rings. The number of furan rings is 1. The topological polar surface area (TPSA) is 42.6 Å². The average Bonchev–Trinajstić information content (AvgIpc) is 2.82. The molecule has 0 saturated heterocycles. The molecule has 3 nitrogen and oxygen atoms in total. The molecule has 1 aromatic heterocycles. The van der Waals surface area contributed by atoms with Gasteiger partial charge in [0.25, 0.3) is 0 Å². The van der Waals surface area contributed by atoms with Gasteiger partial charge in [0.05, 0.1) is 13.4 Å². The van der Waals surface area contributed by atoms with E-state index in [0.29, 0.717) is 17.7 Å². The molecule has 0 spiro atoms. The van der Waals surface area contributed by atoms with E-state index in [4.69, 9.17) is 9.15 Å². The highest BCUT2D eigenvalue weighted by Crippen LogP contribution is 2.22. The van der Waals surface area contributed by atoms with Gasteiger partial charge in [0, 0.05) is 6.42 Å². The number of rotatable bonds is 4. The highest BCUT2D eigenvalue weighted by Gasteiger charge is 2.12. The van der Waals surface area contributed by atoms with E-state index in [-0.39, 0.29) is 5.75 Å². The number of benzene rings is 1. The number of ether oxygens (including phenoxy) is 1. The van der Waals surface area contributed by atoms with Crippen LogP contribution in [0, 0.1) is 5.82 Å². The largest absolute Gasteiger partial charge is 0.494 e. The first-order valence-electron chi connectivity index (χ1n) is 5.24. The summed E-state index contributed by atoms with van der Waals surface area (Å²) in [5, 5.41) is 9.83. The van der Waals surface area contributed by atoms with Gasteiger partial charge in [-0.2, -0.15) is 0 Å². The van der Waals surface area contributed by atoms with Crippen LogP contribution in [0.15, 0.2) is 41.0 Å². The van der Waals surface area contributed by atoms with Gasteiger partial charge in [0.1, 0.15) is 11.9 Å². The van der Waals surface area contributed by atoms with Crippen LogP contribution in [0.25, 0.3) is 0 Å². The van der Waals surface area contributed by atoms with Crippen molar-refractivity contribution in [2.24, 2.45) is 0 Å². The summed E-state index contributed by atoms with van der Waals surface area (Å²) in [6, 6.07) is 8.00. The van der Waals surface area contributed by atoms with Crippen LogP contribution in [0.4, 0.5) is 4.39 Å². The Bertz CT molecular complexity index is 479. The maximum atomic E-state index is 13.4. The molecule has 1 aromatic carbocycles. The van der Waals surface area contributed by atoms with Crippen molar-refractivity contribution in [3.8, 4) is 5.75 Å². The number of aliphatic hydroxyl groups excluding tert-OH is 1. The first-order valence-corrected chi connectivity index (χ1v) is 5.24. The molecule has 0 aliphatic rings. The zero-order chi connectivity index (χ0) is 12.3. The molecule has 0 saturated carbocycles. The minimum atomic E-state index is -0.766. The van der Waals surface area contributed by atoms with Gasteiger partial charge in [-0.3, -0.25) is 0 Å². The molecule has 0 amide bonds. The molecule has 1 unspecified atom stereocenters. The summed E-state index contributed by atoms with van der Waals surface area (Å²) in [6.45, 7) is 0. The number of hydrogen-bond acceptors (Lipinski definition) is 3. The van der Waals surface area contributed by atoms with Crippen LogP contribution in [-0.4, -0.2) is 12.2 Å². The molecule has 1 atom stereocenters. The second-order valence-electron chi connectivity index (χ2n) is 3.70. The van der Waals surface area contributed by atoms with Crippen LogP contribution in [0.5, 0.6) is 5.75 Å². The second kappa shape index (κ2) is 5.01. The summed E-state index contributed by atoms with van der Waals surface area (Å²) in [5.74, 6) is 0.235. The van der Waals surface area contributed by atoms with Gasteiger partial charge in [-0.15, -0.1) is 0 Å². The van der Waals surface area contributed by atoms with Gasteiger partial charge in [-0.1, -0.05) is 6.07 Å². The van der Waals surface area contributed by atoms with Crippen LogP contribution >= 0.6 is 0 Å². The van der Waals surface area contributed by atoms with E-state index in [9.17, 15) is 9.50 Å². The number of halogens is 1. The monoisotopic (exact) mass is 236 g/mol. The van der Waals surface area contributed by atoms with Gasteiger partial charge >= 0.3 is 0 Å². The average molecular weight is 236 g/mol. The van der Waals surface area contributed by atoms with E-state index < -0.39 is 11.9 Å². The third-order valence-electron chi connectivity index (χ3n) is 2.52. The van der Waals surface area contributed by atoms with Crippen molar-refractivity contribution in [1.29, 1.82) is 0 Å². The zero-order valence-corrected chi connectivity index (χ0v) is 9.39. The lowest BCUT2D eigenvalue weighted by Gasteiger charge is -2.09. The molecule has 1 heterocycles. The van der Waals surface area contributed by atoms with Crippen molar-refractivity contribution in [2.45, 2.75) is 12.5 Å². The fourth-order valence-corrected chi connectivity index (χ4v) is 1.64. The van der Waals surface area contributed by atoms with E-state index in [1.54, 1.807) is 24.3 Å². The Morgan fingerprint density at radius 3 is 2.82 bits per heavy atom. The normalized spacial score (nSPS) is 12.4. The van der Waals surface area contributed by atoms with Crippen LogP contribution in [0.2, 0.25) is 0 Å². The first kappa shape index (κ1) is 11.7. The van der Waals surface area contributed by atoms with Crippen molar-refractivity contribution >= 4 is 0 Å². The molecule has 4 heteroatoms. The number of aliphatic hydroxyl groups is 1. The SMILES string of the molecule is COc1ccc(CC(O)c2ccco2)cc1F. The Morgan fingerprint density at radius 2 is 2.24 bits per heavy atom. The van der Waals surface area contributed by atoms with Crippen molar-refractivity contribution in [1.82, 2.24) is 0 Å². The van der Waals surface area contributed by atoms with Crippen molar-refractivity contribution in [2.75, 3.05) is 7.11 Å². The number of methoxy groups -OCH3 is 1. The van der Waals surface area contributed by atoms with Gasteiger partial charge in [-0.05, 0) is 29.8 Å². The van der Waals surface area contributed by atoms with Crippen molar-refractivity contribution in [3.63, 3.8) is 0 Å². The van der Waals surface area contributed by atoms with Crippen molar-refractivity contribution < 1.29 is 18.7 Å². The van der Waals surface area contributed by atoms with E-state index in [0.717, 1.165) is 0 Å². The molecule has 2 rings (SSSR count). The van der Waals surface area contributed by atoms with Gasteiger partial charge in [0.15, 0.2) is 11.6 Å². The summed E-state index contributed by atoms with van der Waals surface area (Å²) in [6.07, 6.45) is 1.03. The van der Waals surface area contributed by atoms with Crippen molar-refractivity contribution in [3.05, 3.63) is 53.7 Å². The lowest BCUT2D eigenvalue weighted by atomic mass is 10.1. The minimum absolute atomic E-state index is 0.196. The summed E-state index contributed by atoms with van der Waals surface area (Å²) < 4.78 is 23.3. The third kappa shape index (κ3) is 2.65. The molecule has 0 radical (unpaired) electrons. The molecule has 90 valence electrons. The van der Waals surface area contributed by atoms with E-state index in [1.165, 1.54) is 19.4 Å². The van der Waals surface area contributed by atoms with Crippen LogP contribution < -0.4 is 4.74 Å². The predicted octanol–water partition coefficient (Wildman–Crippen LogP) is 2.70. The number of hydrogen-bond donors (Lipinski definition) is 1. The molecule has 0 fully saturated rings. The van der Waals surface area contributed by atoms with Gasteiger partial charge in [-0.25, -0.2) is 4.39 Å². The third-order valence-corrected chi connectivity index (χ3v) is 2.52. The predicted molar refractivity (Wildman–Crippen MR) is 60.3 cm³/mol. The van der Waals surface area contributed by atoms with E-state index in [1.807, 2.05) is 0 Å². The molecule has 0 aliphatic heterocycles. The smallest absolute Gasteiger partial charge is 0.165 e. The highest BCUT2D eigenvalue weighted by molar-refractivity contribution is 5.30. The van der Waals surface area contributed by atoms with Crippen LogP contribution in [0.1, 0.15) is 17.4 Å². The van der Waals surface area contributed by atoms with E-state index in [2.05, 4.69) is 0 Å². The van der Waals surface area contributed by atoms with E-state index >= 15 is 0 Å². The summed E-state index contributed by atoms with van der Waals surface area (Å²) >= 11 is 0. The Balaban J connectivity index is 2.11. The lowest BCUT2D eigenvalue weighted by molar-refractivity contribution is 0.150. The maximum Gasteiger partial charge on any atom is 0.165 e. The molecule has 1 N–H and O–H groups in total. The van der Waals surface area contributed by atoms with Gasteiger partial charge in [0.2, 0.25) is 0 Å². The zero-order valence-electron chi connectivity index (χ0n) is 9.39. The molecule has 17 heavy (non-hydrogen) atoms. The Hall–Kier alpha value is -1.81. The fourth-order valence-electron chi connectivity index (χ4n) is 1.64. The van der Waals surface area contributed by atoms with Gasteiger partial charge < -0.3 is 14.3 Å². The Labute approximate surface area is 98.5 Å². The fraction of sp³-hybridized carbons (Fsp3) is 0.231.